The number of guanidine groups is 1. The predicted octanol–water partition coefficient (Wildman–Crippen LogP) is 2.55. The molecule has 154 valence electrons. The molecule has 1 aromatic carbocycles. The molecule has 0 radical (unpaired) electrons. The summed E-state index contributed by atoms with van der Waals surface area (Å²) in [5.41, 5.74) is 2.43. The minimum atomic E-state index is 0. The molecule has 0 amide bonds. The molecule has 0 saturated carbocycles. The van der Waals surface area contributed by atoms with E-state index >= 15 is 0 Å². The molecule has 1 atom stereocenters. The first kappa shape index (κ1) is 22.5. The van der Waals surface area contributed by atoms with Gasteiger partial charge < -0.3 is 15.4 Å². The first-order valence-electron chi connectivity index (χ1n) is 9.49. The third-order valence-electron chi connectivity index (χ3n) is 4.99. The number of rotatable bonds is 7. The van der Waals surface area contributed by atoms with Crippen LogP contribution in [0.1, 0.15) is 30.0 Å². The number of methoxy groups -OCH3 is 1. The molecule has 3 rings (SSSR count). The molecular weight excluding hydrogens is 467 g/mol. The van der Waals surface area contributed by atoms with Gasteiger partial charge in [-0.15, -0.1) is 24.0 Å². The van der Waals surface area contributed by atoms with Crippen molar-refractivity contribution in [1.82, 2.24) is 25.3 Å². The summed E-state index contributed by atoms with van der Waals surface area (Å²) in [4.78, 5) is 6.90. The summed E-state index contributed by atoms with van der Waals surface area (Å²) in [5.74, 6) is 1.69. The number of aliphatic imine (C=N–C) groups is 1. The molecule has 0 bridgehead atoms. The van der Waals surface area contributed by atoms with Gasteiger partial charge in [0.2, 0.25) is 0 Å². The molecule has 1 aliphatic heterocycles. The number of aryl methyl sites for hydroxylation is 1. The van der Waals surface area contributed by atoms with E-state index in [0.29, 0.717) is 12.6 Å². The number of aromatic nitrogens is 2. The predicted molar refractivity (Wildman–Crippen MR) is 123 cm³/mol. The second kappa shape index (κ2) is 11.3. The Labute approximate surface area is 184 Å². The highest BCUT2D eigenvalue weighted by Crippen LogP contribution is 2.26. The Bertz CT molecular complexity index is 739. The summed E-state index contributed by atoms with van der Waals surface area (Å²) < 4.78 is 7.11. The van der Waals surface area contributed by atoms with Gasteiger partial charge in [-0.3, -0.25) is 14.6 Å². The van der Waals surface area contributed by atoms with Crippen LogP contribution in [-0.4, -0.2) is 54.4 Å². The fraction of sp³-hybridized carbons (Fsp3) is 0.500. The number of nitrogens with zero attached hydrogens (tertiary/aromatic N) is 4. The second-order valence-corrected chi connectivity index (χ2v) is 6.86. The number of ether oxygens (including phenoxy) is 1. The van der Waals surface area contributed by atoms with E-state index in [2.05, 4.69) is 37.8 Å². The molecule has 28 heavy (non-hydrogen) atoms. The number of likely N-dealkylation sites (tertiary alicyclic amines) is 1. The van der Waals surface area contributed by atoms with Crippen molar-refractivity contribution in [2.75, 3.05) is 33.8 Å². The highest BCUT2D eigenvalue weighted by Gasteiger charge is 2.23. The number of nitrogens with one attached hydrogen (secondary N) is 2. The van der Waals surface area contributed by atoms with Gasteiger partial charge in [-0.1, -0.05) is 12.1 Å². The first-order chi connectivity index (χ1) is 13.2. The maximum Gasteiger partial charge on any atom is 0.191 e. The average molecular weight is 498 g/mol. The van der Waals surface area contributed by atoms with E-state index < -0.39 is 0 Å². The third kappa shape index (κ3) is 6.10. The summed E-state index contributed by atoms with van der Waals surface area (Å²) in [5, 5.41) is 11.1. The van der Waals surface area contributed by atoms with Gasteiger partial charge in [0.15, 0.2) is 5.96 Å². The molecule has 2 aromatic rings. The van der Waals surface area contributed by atoms with Crippen LogP contribution in [0.2, 0.25) is 0 Å². The minimum Gasteiger partial charge on any atom is -0.497 e. The number of hydrogen-bond acceptors (Lipinski definition) is 4. The van der Waals surface area contributed by atoms with Crippen LogP contribution >= 0.6 is 24.0 Å². The molecule has 1 aromatic heterocycles. The van der Waals surface area contributed by atoms with Crippen LogP contribution in [0, 0.1) is 0 Å². The summed E-state index contributed by atoms with van der Waals surface area (Å²) in [6.45, 7) is 3.78. The minimum absolute atomic E-state index is 0. The van der Waals surface area contributed by atoms with Crippen molar-refractivity contribution < 1.29 is 4.74 Å². The summed E-state index contributed by atoms with van der Waals surface area (Å²) >= 11 is 0. The van der Waals surface area contributed by atoms with Crippen molar-refractivity contribution in [3.8, 4) is 5.75 Å². The smallest absolute Gasteiger partial charge is 0.191 e. The van der Waals surface area contributed by atoms with Crippen LogP contribution in [0.15, 0.2) is 41.7 Å². The molecular formula is C20H31IN6O. The SMILES string of the molecule is CN=C(NCc1cnn(C)c1)NCC(c1ccc(OC)cc1)N1CCCC1.I. The monoisotopic (exact) mass is 498 g/mol. The van der Waals surface area contributed by atoms with Crippen molar-refractivity contribution in [2.45, 2.75) is 25.4 Å². The molecule has 2 heterocycles. The number of halogens is 1. The average Bonchev–Trinajstić information content (AvgIpc) is 3.37. The normalized spacial score (nSPS) is 15.8. The fourth-order valence-corrected chi connectivity index (χ4v) is 3.50. The lowest BCUT2D eigenvalue weighted by molar-refractivity contribution is 0.245. The second-order valence-electron chi connectivity index (χ2n) is 6.86. The van der Waals surface area contributed by atoms with Crippen molar-refractivity contribution >= 4 is 29.9 Å². The topological polar surface area (TPSA) is 66.7 Å². The van der Waals surface area contributed by atoms with Gasteiger partial charge in [0.1, 0.15) is 5.75 Å². The Morgan fingerprint density at radius 2 is 1.93 bits per heavy atom. The van der Waals surface area contributed by atoms with Crippen molar-refractivity contribution in [2.24, 2.45) is 12.0 Å². The molecule has 0 spiro atoms. The van der Waals surface area contributed by atoms with Crippen molar-refractivity contribution in [1.29, 1.82) is 0 Å². The lowest BCUT2D eigenvalue weighted by Gasteiger charge is -2.29. The van der Waals surface area contributed by atoms with Crippen LogP contribution in [0.4, 0.5) is 0 Å². The van der Waals surface area contributed by atoms with Gasteiger partial charge in [-0.25, -0.2) is 0 Å². The van der Waals surface area contributed by atoms with Gasteiger partial charge in [-0.2, -0.15) is 5.10 Å². The molecule has 1 aliphatic rings. The maximum atomic E-state index is 5.30. The van der Waals surface area contributed by atoms with Gasteiger partial charge in [-0.05, 0) is 43.6 Å². The summed E-state index contributed by atoms with van der Waals surface area (Å²) in [7, 11) is 5.43. The van der Waals surface area contributed by atoms with Gasteiger partial charge in [0, 0.05) is 38.9 Å². The zero-order valence-corrected chi connectivity index (χ0v) is 19.2. The Morgan fingerprint density at radius 1 is 1.21 bits per heavy atom. The molecule has 2 N–H and O–H groups in total. The largest absolute Gasteiger partial charge is 0.497 e. The van der Waals surface area contributed by atoms with Gasteiger partial charge >= 0.3 is 0 Å². The quantitative estimate of drug-likeness (QED) is 0.349. The van der Waals surface area contributed by atoms with E-state index in [9.17, 15) is 0 Å². The van der Waals surface area contributed by atoms with Crippen LogP contribution in [0.25, 0.3) is 0 Å². The van der Waals surface area contributed by atoms with E-state index in [1.807, 2.05) is 31.6 Å². The Kier molecular flexibility index (Phi) is 9.04. The van der Waals surface area contributed by atoms with E-state index in [1.54, 1.807) is 18.8 Å². The highest BCUT2D eigenvalue weighted by atomic mass is 127. The molecule has 7 nitrogen and oxygen atoms in total. The third-order valence-corrected chi connectivity index (χ3v) is 4.99. The summed E-state index contributed by atoms with van der Waals surface area (Å²) in [6, 6.07) is 8.71. The van der Waals surface area contributed by atoms with Crippen LogP contribution in [0.5, 0.6) is 5.75 Å². The Morgan fingerprint density at radius 3 is 2.50 bits per heavy atom. The molecule has 8 heteroatoms. The van der Waals surface area contributed by atoms with Crippen LogP contribution in [-0.2, 0) is 13.6 Å². The standard InChI is InChI=1S/C20H30N6O.HI/c1-21-20(22-12-16-13-24-25(2)15-16)23-14-19(26-10-4-5-11-26)17-6-8-18(27-3)9-7-17;/h6-9,13,15,19H,4-5,10-12,14H2,1-3H3,(H2,21,22,23);1H. The van der Waals surface area contributed by atoms with Crippen LogP contribution in [0.3, 0.4) is 0 Å². The lowest BCUT2D eigenvalue weighted by Crippen LogP contribution is -2.42. The van der Waals surface area contributed by atoms with E-state index in [4.69, 9.17) is 4.74 Å². The molecule has 1 unspecified atom stereocenters. The van der Waals surface area contributed by atoms with E-state index in [-0.39, 0.29) is 24.0 Å². The molecule has 0 aliphatic carbocycles. The lowest BCUT2D eigenvalue weighted by atomic mass is 10.1. The fourth-order valence-electron chi connectivity index (χ4n) is 3.50. The van der Waals surface area contributed by atoms with Crippen molar-refractivity contribution in [3.05, 3.63) is 47.8 Å². The maximum absolute atomic E-state index is 5.30. The van der Waals surface area contributed by atoms with Gasteiger partial charge in [0.05, 0.1) is 19.3 Å². The first-order valence-corrected chi connectivity index (χ1v) is 9.49. The molecule has 1 saturated heterocycles. The van der Waals surface area contributed by atoms with E-state index in [0.717, 1.165) is 36.9 Å². The highest BCUT2D eigenvalue weighted by molar-refractivity contribution is 14.0. The van der Waals surface area contributed by atoms with E-state index in [1.165, 1.54) is 18.4 Å². The summed E-state index contributed by atoms with van der Waals surface area (Å²) in [6.07, 6.45) is 6.40. The Balaban J connectivity index is 0.00000280. The zero-order chi connectivity index (χ0) is 19.1. The van der Waals surface area contributed by atoms with Crippen molar-refractivity contribution in [3.63, 3.8) is 0 Å². The molecule has 1 fully saturated rings. The van der Waals surface area contributed by atoms with Crippen LogP contribution < -0.4 is 15.4 Å². The zero-order valence-electron chi connectivity index (χ0n) is 16.9. The number of benzene rings is 1. The Hall–Kier alpha value is -1.81. The van der Waals surface area contributed by atoms with Gasteiger partial charge in [0.25, 0.3) is 0 Å². The number of hydrogen-bond donors (Lipinski definition) is 2.